The van der Waals surface area contributed by atoms with Gasteiger partial charge in [0.25, 0.3) is 0 Å². The van der Waals surface area contributed by atoms with E-state index in [1.165, 1.54) is 0 Å². The summed E-state index contributed by atoms with van der Waals surface area (Å²) in [4.78, 5) is 0. The molecular weight excluding hydrogens is 78.9 g/mol. The van der Waals surface area contributed by atoms with E-state index in [-0.39, 0.29) is 0 Å². The fraction of sp³-hybridized carbons (Fsp3) is 0. The summed E-state index contributed by atoms with van der Waals surface area (Å²) in [6.07, 6.45) is 0. The van der Waals surface area contributed by atoms with E-state index in [0.717, 1.165) is 5.72 Å². The topological polar surface area (TPSA) is 54.5 Å². The molecule has 6 heavy (non-hydrogen) atoms. The van der Waals surface area contributed by atoms with Crippen molar-refractivity contribution in [2.75, 3.05) is 0 Å². The molecule has 1 aromatic heterocycles. The second-order valence-corrected chi connectivity index (χ2v) is 0.987. The molecule has 30 valence electrons. The Kier molecular flexibility index (Phi) is 0.599. The van der Waals surface area contributed by atoms with Crippen molar-refractivity contribution in [1.82, 2.24) is 20.6 Å². The minimum atomic E-state index is 0.745. The highest BCUT2D eigenvalue weighted by Gasteiger charge is 1.77. The molecule has 0 aliphatic heterocycles. The largest absolute Gasteiger partial charge is 0.253 e. The van der Waals surface area contributed by atoms with Gasteiger partial charge in [-0.2, -0.15) is 0 Å². The van der Waals surface area contributed by atoms with E-state index in [0.29, 0.717) is 0 Å². The van der Waals surface area contributed by atoms with Crippen molar-refractivity contribution in [3.8, 4) is 0 Å². The molecule has 1 N–H and O–H groups in total. The maximum absolute atomic E-state index is 3.50. The van der Waals surface area contributed by atoms with Gasteiger partial charge < -0.3 is 0 Å². The van der Waals surface area contributed by atoms with E-state index < -0.39 is 0 Å². The molecule has 0 fully saturated rings. The number of hydrogen-bond donors (Lipinski definition) is 1. The first-order chi connectivity index (χ1) is 2.89. The molecule has 1 rings (SSSR count). The number of hydrogen-bond acceptors (Lipinski definition) is 3. The van der Waals surface area contributed by atoms with Gasteiger partial charge in [-0.05, 0) is 10.4 Å². The van der Waals surface area contributed by atoms with Crippen molar-refractivity contribution in [3.05, 3.63) is 0 Å². The highest BCUT2D eigenvalue weighted by atomic mass is 15.5. The molecule has 0 atom stereocenters. The average molecular weight is 81.9 g/mol. The number of nitrogens with one attached hydrogen (secondary N) is 1. The number of aromatic amines is 1. The number of rotatable bonds is 0. The van der Waals surface area contributed by atoms with Crippen LogP contribution in [0.1, 0.15) is 0 Å². The van der Waals surface area contributed by atoms with Gasteiger partial charge in [0, 0.05) is 0 Å². The predicted molar refractivity (Wildman–Crippen MR) is 22.4 cm³/mol. The maximum atomic E-state index is 3.50. The summed E-state index contributed by atoms with van der Waals surface area (Å²) in [5, 5.41) is 12.6. The van der Waals surface area contributed by atoms with Crippen LogP contribution in [0.4, 0.5) is 0 Å². The minimum absolute atomic E-state index is 0.745. The highest BCUT2D eigenvalue weighted by Crippen LogP contribution is 1.39. The average Bonchev–Trinajstić information content (AvgIpc) is 1.86. The van der Waals surface area contributed by atoms with Gasteiger partial charge in [0.2, 0.25) is 0 Å². The van der Waals surface area contributed by atoms with Crippen LogP contribution in [0.15, 0.2) is 0 Å². The first kappa shape index (κ1) is 3.33. The SMILES string of the molecule is Bc1nnn[nH]1. The van der Waals surface area contributed by atoms with E-state index in [9.17, 15) is 0 Å². The standard InChI is InChI=1S/CH3BN4/c2-1-3-5-6-4-1/h2H2,(H,3,4,5,6). The van der Waals surface area contributed by atoms with Crippen LogP contribution in [0.2, 0.25) is 0 Å². The molecule has 0 aliphatic carbocycles. The van der Waals surface area contributed by atoms with E-state index in [1.807, 2.05) is 0 Å². The van der Waals surface area contributed by atoms with Crippen LogP contribution in [0, 0.1) is 0 Å². The number of tetrazole rings is 1. The first-order valence-electron chi connectivity index (χ1n) is 1.60. The molecule has 0 aliphatic rings. The van der Waals surface area contributed by atoms with Gasteiger partial charge in [0.05, 0.1) is 5.72 Å². The Morgan fingerprint density at radius 3 is 2.67 bits per heavy atom. The lowest BCUT2D eigenvalue weighted by Gasteiger charge is -1.62. The van der Waals surface area contributed by atoms with Crippen molar-refractivity contribution < 1.29 is 0 Å². The molecule has 0 amide bonds. The summed E-state index contributed by atoms with van der Waals surface area (Å²) in [5.74, 6) is 0. The molecule has 0 saturated heterocycles. The van der Waals surface area contributed by atoms with Gasteiger partial charge in [0.1, 0.15) is 0 Å². The molecule has 0 bridgehead atoms. The Morgan fingerprint density at radius 1 is 1.67 bits per heavy atom. The van der Waals surface area contributed by atoms with Crippen LogP contribution >= 0.6 is 0 Å². The van der Waals surface area contributed by atoms with E-state index in [2.05, 4.69) is 20.6 Å². The van der Waals surface area contributed by atoms with Crippen molar-refractivity contribution >= 4 is 13.6 Å². The first-order valence-corrected chi connectivity index (χ1v) is 1.60. The third kappa shape index (κ3) is 0.380. The lowest BCUT2D eigenvalue weighted by molar-refractivity contribution is 0.881. The Morgan fingerprint density at radius 2 is 2.50 bits per heavy atom. The van der Waals surface area contributed by atoms with Crippen molar-refractivity contribution in [3.63, 3.8) is 0 Å². The molecule has 5 heteroatoms. The summed E-state index contributed by atoms with van der Waals surface area (Å²) < 4.78 is 0. The number of aromatic nitrogens is 4. The summed E-state index contributed by atoms with van der Waals surface area (Å²) in [6, 6.07) is 0. The van der Waals surface area contributed by atoms with E-state index >= 15 is 0 Å². The van der Waals surface area contributed by atoms with Crippen molar-refractivity contribution in [2.24, 2.45) is 0 Å². The van der Waals surface area contributed by atoms with E-state index in [4.69, 9.17) is 0 Å². The van der Waals surface area contributed by atoms with Crippen molar-refractivity contribution in [2.45, 2.75) is 0 Å². The summed E-state index contributed by atoms with van der Waals surface area (Å²) in [7, 11) is 1.79. The zero-order chi connectivity index (χ0) is 4.41. The minimum Gasteiger partial charge on any atom is -0.253 e. The summed E-state index contributed by atoms with van der Waals surface area (Å²) >= 11 is 0. The summed E-state index contributed by atoms with van der Waals surface area (Å²) in [6.45, 7) is 0. The molecule has 0 spiro atoms. The fourth-order valence-electron chi connectivity index (χ4n) is 0.207. The second kappa shape index (κ2) is 1.08. The fourth-order valence-corrected chi connectivity index (χ4v) is 0.207. The Balaban J connectivity index is 3.05. The lowest BCUT2D eigenvalue weighted by atomic mass is 10.1. The second-order valence-electron chi connectivity index (χ2n) is 0.987. The quantitative estimate of drug-likeness (QED) is 0.351. The van der Waals surface area contributed by atoms with Crippen LogP contribution in [-0.2, 0) is 0 Å². The predicted octanol–water partition coefficient (Wildman–Crippen LogP) is -2.54. The monoisotopic (exact) mass is 82.0 g/mol. The zero-order valence-electron chi connectivity index (χ0n) is 3.34. The smallest absolute Gasteiger partial charge is 0.190 e. The summed E-state index contributed by atoms with van der Waals surface area (Å²) in [5.41, 5.74) is 0.745. The Labute approximate surface area is 35.4 Å². The van der Waals surface area contributed by atoms with Crippen LogP contribution in [-0.4, -0.2) is 28.5 Å². The van der Waals surface area contributed by atoms with Crippen LogP contribution in [0.3, 0.4) is 0 Å². The lowest BCUT2D eigenvalue weighted by Crippen LogP contribution is -2.05. The maximum Gasteiger partial charge on any atom is 0.190 e. The van der Waals surface area contributed by atoms with E-state index in [1.54, 1.807) is 7.85 Å². The zero-order valence-corrected chi connectivity index (χ0v) is 3.34. The van der Waals surface area contributed by atoms with Crippen molar-refractivity contribution in [1.29, 1.82) is 0 Å². The molecular formula is CH3BN4. The molecule has 1 heterocycles. The normalized spacial score (nSPS) is 8.67. The third-order valence-electron chi connectivity index (χ3n) is 0.451. The van der Waals surface area contributed by atoms with Gasteiger partial charge in [0.15, 0.2) is 7.85 Å². The highest BCUT2D eigenvalue weighted by molar-refractivity contribution is 6.28. The molecule has 1 aromatic rings. The van der Waals surface area contributed by atoms with Crippen LogP contribution < -0.4 is 5.72 Å². The Bertz CT molecular complexity index is 111. The number of H-pyrrole nitrogens is 1. The van der Waals surface area contributed by atoms with Gasteiger partial charge in [-0.1, -0.05) is 0 Å². The van der Waals surface area contributed by atoms with Crippen LogP contribution in [0.5, 0.6) is 0 Å². The third-order valence-corrected chi connectivity index (χ3v) is 0.451. The van der Waals surface area contributed by atoms with Crippen LogP contribution in [0.25, 0.3) is 0 Å². The van der Waals surface area contributed by atoms with Gasteiger partial charge >= 0.3 is 0 Å². The molecule has 0 radical (unpaired) electrons. The molecule has 0 saturated carbocycles. The molecule has 4 nitrogen and oxygen atoms in total. The van der Waals surface area contributed by atoms with Gasteiger partial charge in [-0.25, -0.2) is 0 Å². The molecule has 0 aromatic carbocycles. The Hall–Kier alpha value is -0.865. The van der Waals surface area contributed by atoms with Gasteiger partial charge in [-0.3, -0.25) is 5.10 Å². The number of nitrogens with zero attached hydrogens (tertiary/aromatic N) is 3. The molecule has 0 unspecified atom stereocenters. The van der Waals surface area contributed by atoms with Gasteiger partial charge in [-0.15, -0.1) is 5.10 Å².